The molecular formula is C14H15Cl2FN4. The molecule has 0 bridgehead atoms. The van der Waals surface area contributed by atoms with Gasteiger partial charge in [0.25, 0.3) is 0 Å². The number of rotatable bonds is 4. The molecule has 0 aliphatic rings. The molecule has 1 aromatic carbocycles. The van der Waals surface area contributed by atoms with Gasteiger partial charge < -0.3 is 10.7 Å². The summed E-state index contributed by atoms with van der Waals surface area (Å²) >= 11 is 12.0. The van der Waals surface area contributed by atoms with Crippen LogP contribution in [0.15, 0.2) is 24.3 Å². The van der Waals surface area contributed by atoms with Crippen LogP contribution in [0.1, 0.15) is 24.1 Å². The van der Waals surface area contributed by atoms with Gasteiger partial charge in [0.2, 0.25) is 0 Å². The fourth-order valence-corrected chi connectivity index (χ4v) is 2.30. The maximum Gasteiger partial charge on any atom is 0.161 e. The Hall–Kier alpha value is -1.56. The van der Waals surface area contributed by atoms with Crippen LogP contribution < -0.4 is 16.6 Å². The van der Waals surface area contributed by atoms with Crippen molar-refractivity contribution in [2.24, 2.45) is 5.84 Å². The Kier molecular flexibility index (Phi) is 4.88. The third kappa shape index (κ3) is 3.56. The van der Waals surface area contributed by atoms with E-state index in [0.717, 1.165) is 5.56 Å². The number of anilines is 2. The van der Waals surface area contributed by atoms with Crippen LogP contribution in [-0.4, -0.2) is 4.98 Å². The molecule has 1 aromatic heterocycles. The van der Waals surface area contributed by atoms with E-state index in [4.69, 9.17) is 29.0 Å². The zero-order chi connectivity index (χ0) is 15.6. The van der Waals surface area contributed by atoms with Crippen LogP contribution in [0.3, 0.4) is 0 Å². The van der Waals surface area contributed by atoms with Gasteiger partial charge in [-0.2, -0.15) is 0 Å². The van der Waals surface area contributed by atoms with E-state index in [1.54, 1.807) is 13.0 Å². The molecule has 1 unspecified atom stereocenters. The fraction of sp³-hybridized carbons (Fsp3) is 0.214. The van der Waals surface area contributed by atoms with E-state index in [9.17, 15) is 4.39 Å². The number of aryl methyl sites for hydroxylation is 1. The van der Waals surface area contributed by atoms with Crippen molar-refractivity contribution in [3.05, 3.63) is 51.3 Å². The third-order valence-electron chi connectivity index (χ3n) is 3.12. The number of hydrogen-bond acceptors (Lipinski definition) is 4. The highest BCUT2D eigenvalue weighted by atomic mass is 35.5. The largest absolute Gasteiger partial charge is 0.362 e. The van der Waals surface area contributed by atoms with Crippen LogP contribution in [0.2, 0.25) is 10.0 Å². The predicted octanol–water partition coefficient (Wildman–Crippen LogP) is 4.29. The molecule has 0 aliphatic heterocycles. The summed E-state index contributed by atoms with van der Waals surface area (Å²) in [5, 5.41) is 3.79. The number of nitrogens with two attached hydrogens (primary N) is 1. The zero-order valence-electron chi connectivity index (χ0n) is 11.5. The molecule has 7 heteroatoms. The second kappa shape index (κ2) is 6.47. The molecule has 0 saturated carbocycles. The van der Waals surface area contributed by atoms with Gasteiger partial charge in [-0.1, -0.05) is 35.3 Å². The lowest BCUT2D eigenvalue weighted by Gasteiger charge is -2.17. The predicted molar refractivity (Wildman–Crippen MR) is 85.2 cm³/mol. The van der Waals surface area contributed by atoms with Crippen LogP contribution in [0.4, 0.5) is 16.0 Å². The first kappa shape index (κ1) is 15.8. The normalized spacial score (nSPS) is 12.1. The van der Waals surface area contributed by atoms with Crippen molar-refractivity contribution in [2.45, 2.75) is 19.9 Å². The molecular weight excluding hydrogens is 314 g/mol. The third-order valence-corrected chi connectivity index (χ3v) is 3.69. The maximum atomic E-state index is 13.6. The Labute approximate surface area is 132 Å². The van der Waals surface area contributed by atoms with Gasteiger partial charge in [-0.15, -0.1) is 0 Å². The van der Waals surface area contributed by atoms with Crippen molar-refractivity contribution in [1.82, 2.24) is 4.98 Å². The van der Waals surface area contributed by atoms with Crippen molar-refractivity contribution < 1.29 is 4.39 Å². The Balaban J connectivity index is 2.26. The molecule has 1 heterocycles. The van der Waals surface area contributed by atoms with Gasteiger partial charge in [0.05, 0.1) is 16.1 Å². The summed E-state index contributed by atoms with van der Waals surface area (Å²) in [5.74, 6) is 5.81. The van der Waals surface area contributed by atoms with E-state index in [2.05, 4.69) is 15.7 Å². The van der Waals surface area contributed by atoms with Gasteiger partial charge in [-0.25, -0.2) is 15.2 Å². The SMILES string of the molecule is Cc1ccc(C(C)Nc2nc(NN)c(Cl)cc2Cl)cc1F. The second-order valence-corrected chi connectivity index (χ2v) is 5.48. The summed E-state index contributed by atoms with van der Waals surface area (Å²) in [6, 6.07) is 6.42. The lowest BCUT2D eigenvalue weighted by molar-refractivity contribution is 0.614. The average Bonchev–Trinajstić information content (AvgIpc) is 2.44. The van der Waals surface area contributed by atoms with Crippen molar-refractivity contribution in [3.8, 4) is 0 Å². The van der Waals surface area contributed by atoms with E-state index in [1.807, 2.05) is 13.0 Å². The van der Waals surface area contributed by atoms with Crippen LogP contribution >= 0.6 is 23.2 Å². The summed E-state index contributed by atoms with van der Waals surface area (Å²) in [6.07, 6.45) is 0. The molecule has 21 heavy (non-hydrogen) atoms. The summed E-state index contributed by atoms with van der Waals surface area (Å²) < 4.78 is 13.6. The summed E-state index contributed by atoms with van der Waals surface area (Å²) in [5.41, 5.74) is 3.78. The Morgan fingerprint density at radius 2 is 1.86 bits per heavy atom. The first-order valence-electron chi connectivity index (χ1n) is 6.27. The Morgan fingerprint density at radius 3 is 2.48 bits per heavy atom. The topological polar surface area (TPSA) is 63.0 Å². The molecule has 2 aromatic rings. The number of hydrazine groups is 1. The van der Waals surface area contributed by atoms with Crippen LogP contribution in [0.5, 0.6) is 0 Å². The molecule has 4 nitrogen and oxygen atoms in total. The van der Waals surface area contributed by atoms with E-state index in [-0.39, 0.29) is 11.9 Å². The lowest BCUT2D eigenvalue weighted by Crippen LogP contribution is -2.13. The average molecular weight is 329 g/mol. The Morgan fingerprint density at radius 1 is 1.19 bits per heavy atom. The first-order valence-corrected chi connectivity index (χ1v) is 7.03. The molecule has 0 saturated heterocycles. The smallest absolute Gasteiger partial charge is 0.161 e. The second-order valence-electron chi connectivity index (χ2n) is 4.67. The number of benzene rings is 1. The highest BCUT2D eigenvalue weighted by Gasteiger charge is 2.13. The molecule has 112 valence electrons. The lowest BCUT2D eigenvalue weighted by atomic mass is 10.1. The van der Waals surface area contributed by atoms with E-state index >= 15 is 0 Å². The van der Waals surface area contributed by atoms with Gasteiger partial charge in [0.15, 0.2) is 5.82 Å². The first-order chi connectivity index (χ1) is 9.92. The number of nitrogens with zero attached hydrogens (tertiary/aromatic N) is 1. The minimum Gasteiger partial charge on any atom is -0.362 e. The minimum absolute atomic E-state index is 0.183. The molecule has 0 spiro atoms. The highest BCUT2D eigenvalue weighted by molar-refractivity contribution is 6.37. The zero-order valence-corrected chi connectivity index (χ0v) is 13.1. The van der Waals surface area contributed by atoms with Crippen LogP contribution in [0, 0.1) is 12.7 Å². The highest BCUT2D eigenvalue weighted by Crippen LogP contribution is 2.31. The van der Waals surface area contributed by atoms with Crippen molar-refractivity contribution >= 4 is 34.8 Å². The molecule has 2 rings (SSSR count). The standard InChI is InChI=1S/C14H15Cl2FN4/c1-7-3-4-9(5-12(7)17)8(2)19-13-10(15)6-11(16)14(20-13)21-18/h3-6,8H,18H2,1-2H3,(H2,19,20,21). The number of hydrogen-bond donors (Lipinski definition) is 3. The van der Waals surface area contributed by atoms with Crippen molar-refractivity contribution in [3.63, 3.8) is 0 Å². The van der Waals surface area contributed by atoms with Crippen molar-refractivity contribution in [1.29, 1.82) is 0 Å². The molecule has 0 radical (unpaired) electrons. The van der Waals surface area contributed by atoms with E-state index < -0.39 is 0 Å². The van der Waals surface area contributed by atoms with Crippen LogP contribution in [-0.2, 0) is 0 Å². The van der Waals surface area contributed by atoms with Gasteiger partial charge in [0.1, 0.15) is 11.6 Å². The summed E-state index contributed by atoms with van der Waals surface area (Å²) in [7, 11) is 0. The Bertz CT molecular complexity index is 664. The summed E-state index contributed by atoms with van der Waals surface area (Å²) in [4.78, 5) is 4.19. The quantitative estimate of drug-likeness (QED) is 0.578. The molecule has 1 atom stereocenters. The van der Waals surface area contributed by atoms with Crippen LogP contribution in [0.25, 0.3) is 0 Å². The molecule has 0 aliphatic carbocycles. The van der Waals surface area contributed by atoms with E-state index in [1.165, 1.54) is 12.1 Å². The van der Waals surface area contributed by atoms with Gasteiger partial charge in [-0.3, -0.25) is 0 Å². The number of aromatic nitrogens is 1. The molecule has 4 N–H and O–H groups in total. The number of nitrogen functional groups attached to an aromatic ring is 1. The van der Waals surface area contributed by atoms with E-state index in [0.29, 0.717) is 27.2 Å². The van der Waals surface area contributed by atoms with Gasteiger partial charge >= 0.3 is 0 Å². The summed E-state index contributed by atoms with van der Waals surface area (Å²) in [6.45, 7) is 3.60. The van der Waals surface area contributed by atoms with Gasteiger partial charge in [0, 0.05) is 0 Å². The number of halogens is 3. The fourth-order valence-electron chi connectivity index (χ4n) is 1.84. The number of pyridine rings is 1. The number of nitrogens with one attached hydrogen (secondary N) is 2. The molecule has 0 fully saturated rings. The minimum atomic E-state index is -0.249. The monoisotopic (exact) mass is 328 g/mol. The molecule has 0 amide bonds. The van der Waals surface area contributed by atoms with Crippen molar-refractivity contribution in [2.75, 3.05) is 10.7 Å². The van der Waals surface area contributed by atoms with Gasteiger partial charge in [-0.05, 0) is 37.1 Å². The maximum absolute atomic E-state index is 13.6.